The van der Waals surface area contributed by atoms with Crippen molar-refractivity contribution >= 4 is 12.0 Å². The van der Waals surface area contributed by atoms with Gasteiger partial charge in [-0.2, -0.15) is 0 Å². The summed E-state index contributed by atoms with van der Waals surface area (Å²) in [7, 11) is 0. The van der Waals surface area contributed by atoms with E-state index in [2.05, 4.69) is 17.4 Å². The Bertz CT molecular complexity index is 701. The number of carbonyl (C=O) groups excluding carboxylic acids is 2. The van der Waals surface area contributed by atoms with Crippen LogP contribution in [0.15, 0.2) is 24.3 Å². The maximum atomic E-state index is 12.3. The lowest BCUT2D eigenvalue weighted by atomic mass is 9.61. The summed E-state index contributed by atoms with van der Waals surface area (Å²) in [6, 6.07) is 8.49. The van der Waals surface area contributed by atoms with Crippen LogP contribution in [0, 0.1) is 5.92 Å². The number of nitrogens with zero attached hydrogens (tertiary/aromatic N) is 1. The summed E-state index contributed by atoms with van der Waals surface area (Å²) in [5.41, 5.74) is 2.01. The summed E-state index contributed by atoms with van der Waals surface area (Å²) in [5, 5.41) is 3.12. The van der Waals surface area contributed by atoms with Gasteiger partial charge in [-0.1, -0.05) is 38.1 Å². The van der Waals surface area contributed by atoms with Gasteiger partial charge in [0.1, 0.15) is 5.60 Å². The van der Waals surface area contributed by atoms with Crippen LogP contribution in [0.4, 0.5) is 4.79 Å². The molecule has 2 amide bonds. The van der Waals surface area contributed by atoms with Crippen LogP contribution in [0.2, 0.25) is 0 Å². The molecule has 5 nitrogen and oxygen atoms in total. The fraction of sp³-hybridized carbons (Fsp3) is 0.619. The lowest BCUT2D eigenvalue weighted by Crippen LogP contribution is -2.64. The number of nitrogens with one attached hydrogen (secondary N) is 1. The largest absolute Gasteiger partial charge is 0.444 e. The first-order valence-electron chi connectivity index (χ1n) is 9.64. The molecule has 1 aromatic carbocycles. The first kappa shape index (κ1) is 18.7. The van der Waals surface area contributed by atoms with Crippen LogP contribution in [0.25, 0.3) is 0 Å². The zero-order valence-corrected chi connectivity index (χ0v) is 16.5. The van der Waals surface area contributed by atoms with E-state index in [4.69, 9.17) is 4.74 Å². The van der Waals surface area contributed by atoms with Gasteiger partial charge in [-0.05, 0) is 44.2 Å². The highest BCUT2D eigenvalue weighted by Gasteiger charge is 2.55. The van der Waals surface area contributed by atoms with Crippen LogP contribution in [0.5, 0.6) is 0 Å². The topological polar surface area (TPSA) is 58.6 Å². The molecule has 142 valence electrons. The van der Waals surface area contributed by atoms with Crippen molar-refractivity contribution in [2.75, 3.05) is 13.1 Å². The fourth-order valence-corrected chi connectivity index (χ4v) is 4.53. The molecule has 1 aliphatic carbocycles. The van der Waals surface area contributed by atoms with E-state index >= 15 is 0 Å². The van der Waals surface area contributed by atoms with E-state index in [1.165, 1.54) is 11.1 Å². The zero-order chi connectivity index (χ0) is 19.1. The average molecular weight is 358 g/mol. The van der Waals surface area contributed by atoms with Crippen molar-refractivity contribution in [2.24, 2.45) is 5.92 Å². The average Bonchev–Trinajstić information content (AvgIpc) is 2.92. The minimum atomic E-state index is -0.475. The first-order chi connectivity index (χ1) is 12.3. The summed E-state index contributed by atoms with van der Waals surface area (Å²) >= 11 is 0. The molecule has 0 saturated carbocycles. The third-order valence-electron chi connectivity index (χ3n) is 5.39. The Balaban J connectivity index is 0.000000948. The molecule has 4 rings (SSSR count). The summed E-state index contributed by atoms with van der Waals surface area (Å²) in [4.78, 5) is 26.0. The minimum absolute atomic E-state index is 0.0268. The molecule has 26 heavy (non-hydrogen) atoms. The van der Waals surface area contributed by atoms with Crippen molar-refractivity contribution in [3.05, 3.63) is 35.4 Å². The highest BCUT2D eigenvalue weighted by molar-refractivity contribution is 5.80. The Kier molecular flexibility index (Phi) is 4.76. The molecule has 1 spiro atoms. The van der Waals surface area contributed by atoms with Gasteiger partial charge >= 0.3 is 6.09 Å². The lowest BCUT2D eigenvalue weighted by molar-refractivity contribution is -0.119. The molecule has 5 heteroatoms. The number of carbonyl (C=O) groups is 2. The van der Waals surface area contributed by atoms with E-state index < -0.39 is 5.60 Å². The number of ether oxygens (including phenoxy) is 1. The van der Waals surface area contributed by atoms with Crippen molar-refractivity contribution in [1.29, 1.82) is 0 Å². The van der Waals surface area contributed by atoms with Gasteiger partial charge in [0.2, 0.25) is 5.91 Å². The molecule has 2 saturated heterocycles. The Morgan fingerprint density at radius 2 is 1.88 bits per heavy atom. The van der Waals surface area contributed by atoms with Crippen molar-refractivity contribution in [2.45, 2.75) is 64.5 Å². The number of fused-ring (bicyclic) bond motifs is 4. The van der Waals surface area contributed by atoms with Crippen LogP contribution < -0.4 is 5.32 Å². The van der Waals surface area contributed by atoms with Gasteiger partial charge in [-0.25, -0.2) is 4.79 Å². The van der Waals surface area contributed by atoms with Crippen LogP contribution in [-0.4, -0.2) is 35.6 Å². The molecule has 0 bridgehead atoms. The maximum Gasteiger partial charge on any atom is 0.410 e. The van der Waals surface area contributed by atoms with E-state index in [1.807, 2.05) is 46.8 Å². The number of likely N-dealkylation sites (tertiary alicyclic amines) is 1. The van der Waals surface area contributed by atoms with E-state index in [0.717, 1.165) is 6.42 Å². The molecule has 2 aliphatic heterocycles. The van der Waals surface area contributed by atoms with Crippen molar-refractivity contribution in [1.82, 2.24) is 10.2 Å². The smallest absolute Gasteiger partial charge is 0.410 e. The quantitative estimate of drug-likeness (QED) is 0.768. The molecule has 3 aliphatic rings. The minimum Gasteiger partial charge on any atom is -0.444 e. The van der Waals surface area contributed by atoms with E-state index in [0.29, 0.717) is 25.4 Å². The normalized spacial score (nSPS) is 25.3. The van der Waals surface area contributed by atoms with Gasteiger partial charge in [-0.15, -0.1) is 0 Å². The van der Waals surface area contributed by atoms with E-state index in [1.54, 1.807) is 4.90 Å². The third-order valence-corrected chi connectivity index (χ3v) is 5.39. The number of amides is 2. The summed E-state index contributed by atoms with van der Waals surface area (Å²) in [6.45, 7) is 11.0. The van der Waals surface area contributed by atoms with E-state index in [-0.39, 0.29) is 23.5 Å². The predicted octanol–water partition coefficient (Wildman–Crippen LogP) is 3.78. The molecule has 0 unspecified atom stereocenters. The molecule has 2 heterocycles. The number of hydrogen-bond donors (Lipinski definition) is 1. The Labute approximate surface area is 156 Å². The van der Waals surface area contributed by atoms with Crippen LogP contribution in [-0.2, 0) is 14.9 Å². The third kappa shape index (κ3) is 3.19. The van der Waals surface area contributed by atoms with Crippen molar-refractivity contribution in [3.8, 4) is 0 Å². The van der Waals surface area contributed by atoms with Gasteiger partial charge in [0.05, 0.1) is 6.04 Å². The summed E-state index contributed by atoms with van der Waals surface area (Å²) < 4.78 is 5.49. The summed E-state index contributed by atoms with van der Waals surface area (Å²) in [5.74, 6) is 0.466. The second-order valence-corrected chi connectivity index (χ2v) is 8.42. The number of rotatable bonds is 0. The first-order valence-corrected chi connectivity index (χ1v) is 9.64. The van der Waals surface area contributed by atoms with Crippen LogP contribution >= 0.6 is 0 Å². The fourth-order valence-electron chi connectivity index (χ4n) is 4.53. The van der Waals surface area contributed by atoms with Gasteiger partial charge < -0.3 is 15.0 Å². The standard InChI is InChI=1S/C19H24N2O3.C2H6/c1-18(2,3)24-17(23)21-10-19(11-21)9-12-8-15(22)20-16(12)13-6-4-5-7-14(13)19;1-2/h4-7,12,16H,8-11H2,1-3H3,(H,20,22);1-2H3/t12-,16-;/m0./s1. The second kappa shape index (κ2) is 6.60. The van der Waals surface area contributed by atoms with Crippen molar-refractivity contribution in [3.63, 3.8) is 0 Å². The second-order valence-electron chi connectivity index (χ2n) is 8.42. The van der Waals surface area contributed by atoms with Gasteiger partial charge in [0, 0.05) is 24.9 Å². The number of benzene rings is 1. The lowest BCUT2D eigenvalue weighted by Gasteiger charge is -2.54. The van der Waals surface area contributed by atoms with Gasteiger partial charge in [-0.3, -0.25) is 4.79 Å². The Hall–Kier alpha value is -2.04. The highest BCUT2D eigenvalue weighted by Crippen LogP contribution is 2.52. The summed E-state index contributed by atoms with van der Waals surface area (Å²) in [6.07, 6.45) is 1.30. The van der Waals surface area contributed by atoms with Gasteiger partial charge in [0.25, 0.3) is 0 Å². The number of hydrogen-bond acceptors (Lipinski definition) is 3. The highest BCUT2D eigenvalue weighted by atomic mass is 16.6. The van der Waals surface area contributed by atoms with Crippen LogP contribution in [0.3, 0.4) is 0 Å². The molecule has 1 aromatic rings. The monoisotopic (exact) mass is 358 g/mol. The molecular formula is C21H30N2O3. The Morgan fingerprint density at radius 1 is 1.23 bits per heavy atom. The molecule has 2 atom stereocenters. The predicted molar refractivity (Wildman–Crippen MR) is 101 cm³/mol. The maximum absolute atomic E-state index is 12.3. The molecule has 2 fully saturated rings. The van der Waals surface area contributed by atoms with Crippen LogP contribution in [0.1, 0.15) is 64.6 Å². The SMILES string of the molecule is CC.CC(C)(C)OC(=O)N1CC2(C[C@@H]3CC(=O)N[C@@H]3c3ccccc32)C1. The molecule has 0 aromatic heterocycles. The Morgan fingerprint density at radius 3 is 2.54 bits per heavy atom. The molecule has 0 radical (unpaired) electrons. The zero-order valence-electron chi connectivity index (χ0n) is 16.5. The van der Waals surface area contributed by atoms with E-state index in [9.17, 15) is 9.59 Å². The van der Waals surface area contributed by atoms with Crippen molar-refractivity contribution < 1.29 is 14.3 Å². The van der Waals surface area contributed by atoms with Gasteiger partial charge in [0.15, 0.2) is 0 Å². The molecule has 1 N–H and O–H groups in total. The molecular weight excluding hydrogens is 328 g/mol.